The van der Waals surface area contributed by atoms with E-state index in [4.69, 9.17) is 10.9 Å². The smallest absolute Gasteiger partial charge is 0.254 e. The van der Waals surface area contributed by atoms with Crippen LogP contribution in [-0.4, -0.2) is 47.9 Å². The Morgan fingerprint density at radius 3 is 2.65 bits per heavy atom. The van der Waals surface area contributed by atoms with Crippen molar-refractivity contribution in [3.8, 4) is 0 Å². The Bertz CT molecular complexity index is 528. The molecule has 0 heterocycles. The maximum Gasteiger partial charge on any atom is 0.254 e. The number of nitrogens with one attached hydrogen (secondary N) is 1. The molecule has 0 radical (unpaired) electrons. The molecule has 0 saturated carbocycles. The number of oxime groups is 1. The number of benzene rings is 1. The van der Waals surface area contributed by atoms with Gasteiger partial charge in [-0.2, -0.15) is 0 Å². The molecule has 108 valence electrons. The number of nitrogens with two attached hydrogens (primary N) is 1. The van der Waals surface area contributed by atoms with E-state index in [9.17, 15) is 9.59 Å². The fourth-order valence-electron chi connectivity index (χ4n) is 1.63. The zero-order chi connectivity index (χ0) is 15.1. The molecule has 1 aromatic rings. The summed E-state index contributed by atoms with van der Waals surface area (Å²) in [4.78, 5) is 24.9. The maximum absolute atomic E-state index is 12.2. The second-order valence-electron chi connectivity index (χ2n) is 4.18. The first-order chi connectivity index (χ1) is 9.49. The predicted molar refractivity (Wildman–Crippen MR) is 74.6 cm³/mol. The molecule has 0 aromatic heterocycles. The van der Waals surface area contributed by atoms with Gasteiger partial charge in [0, 0.05) is 24.7 Å². The fraction of sp³-hybridized carbons (Fsp3) is 0.308. The molecule has 2 amide bonds. The molecule has 0 fully saturated rings. The number of hydrogen-bond donors (Lipinski definition) is 3. The lowest BCUT2D eigenvalue weighted by molar-refractivity contribution is -0.121. The molecule has 0 aliphatic rings. The summed E-state index contributed by atoms with van der Waals surface area (Å²) in [5, 5.41) is 14.1. The number of amidine groups is 1. The van der Waals surface area contributed by atoms with Gasteiger partial charge in [0.15, 0.2) is 5.84 Å². The summed E-state index contributed by atoms with van der Waals surface area (Å²) in [6, 6.07) is 6.35. The molecular formula is C13H18N4O3. The van der Waals surface area contributed by atoms with Crippen LogP contribution in [0, 0.1) is 0 Å². The summed E-state index contributed by atoms with van der Waals surface area (Å²) < 4.78 is 0. The molecule has 0 saturated heterocycles. The van der Waals surface area contributed by atoms with Gasteiger partial charge in [-0.15, -0.1) is 0 Å². The number of carbonyl (C=O) groups is 2. The Morgan fingerprint density at radius 2 is 2.05 bits per heavy atom. The van der Waals surface area contributed by atoms with Crippen LogP contribution >= 0.6 is 0 Å². The van der Waals surface area contributed by atoms with Crippen molar-refractivity contribution in [2.45, 2.75) is 6.92 Å². The number of hydrogen-bond acceptors (Lipinski definition) is 4. The van der Waals surface area contributed by atoms with Gasteiger partial charge in [0.1, 0.15) is 0 Å². The van der Waals surface area contributed by atoms with Crippen molar-refractivity contribution in [2.75, 3.05) is 20.1 Å². The molecule has 7 heteroatoms. The van der Waals surface area contributed by atoms with E-state index in [2.05, 4.69) is 10.5 Å². The van der Waals surface area contributed by atoms with Gasteiger partial charge in [-0.25, -0.2) is 0 Å². The van der Waals surface area contributed by atoms with Crippen LogP contribution in [0.15, 0.2) is 29.4 Å². The number of carbonyl (C=O) groups excluding carboxylic acids is 2. The highest BCUT2D eigenvalue weighted by molar-refractivity contribution is 6.01. The highest BCUT2D eigenvalue weighted by Crippen LogP contribution is 2.07. The zero-order valence-electron chi connectivity index (χ0n) is 11.5. The third-order valence-corrected chi connectivity index (χ3v) is 2.61. The average molecular weight is 278 g/mol. The Hall–Kier alpha value is -2.57. The Kier molecular flexibility index (Phi) is 5.52. The molecular weight excluding hydrogens is 260 g/mol. The van der Waals surface area contributed by atoms with E-state index in [-0.39, 0.29) is 24.2 Å². The van der Waals surface area contributed by atoms with Crippen LogP contribution < -0.4 is 11.1 Å². The third-order valence-electron chi connectivity index (χ3n) is 2.61. The summed E-state index contributed by atoms with van der Waals surface area (Å²) >= 11 is 0. The fourth-order valence-corrected chi connectivity index (χ4v) is 1.63. The standard InChI is InChI=1S/C13H18N4O3/c1-3-15-11(18)8-17(2)13(19)10-6-4-5-9(7-10)12(14)16-20/h4-7,20H,3,8H2,1-2H3,(H2,14,16)(H,15,18). The lowest BCUT2D eigenvalue weighted by Crippen LogP contribution is -2.38. The van der Waals surface area contributed by atoms with Gasteiger partial charge in [-0.1, -0.05) is 17.3 Å². The Labute approximate surface area is 117 Å². The van der Waals surface area contributed by atoms with Crippen molar-refractivity contribution in [2.24, 2.45) is 10.9 Å². The van der Waals surface area contributed by atoms with Gasteiger partial charge in [0.25, 0.3) is 5.91 Å². The normalized spacial score (nSPS) is 11.0. The van der Waals surface area contributed by atoms with Gasteiger partial charge >= 0.3 is 0 Å². The minimum Gasteiger partial charge on any atom is -0.409 e. The molecule has 7 nitrogen and oxygen atoms in total. The molecule has 1 aromatic carbocycles. The van der Waals surface area contributed by atoms with Crippen molar-refractivity contribution in [3.05, 3.63) is 35.4 Å². The van der Waals surface area contributed by atoms with Crippen LogP contribution in [-0.2, 0) is 4.79 Å². The van der Waals surface area contributed by atoms with Crippen LogP contribution in [0.5, 0.6) is 0 Å². The molecule has 0 unspecified atom stereocenters. The Balaban J connectivity index is 2.84. The van der Waals surface area contributed by atoms with E-state index in [0.29, 0.717) is 17.7 Å². The third kappa shape index (κ3) is 3.98. The molecule has 0 aliphatic heterocycles. The SMILES string of the molecule is CCNC(=O)CN(C)C(=O)c1cccc(C(N)=NO)c1. The quantitative estimate of drug-likeness (QED) is 0.304. The van der Waals surface area contributed by atoms with E-state index < -0.39 is 0 Å². The Morgan fingerprint density at radius 1 is 1.40 bits per heavy atom. The van der Waals surface area contributed by atoms with Crippen LogP contribution in [0.3, 0.4) is 0 Å². The largest absolute Gasteiger partial charge is 0.409 e. The summed E-state index contributed by atoms with van der Waals surface area (Å²) in [6.07, 6.45) is 0. The van der Waals surface area contributed by atoms with Crippen LogP contribution in [0.2, 0.25) is 0 Å². The first-order valence-electron chi connectivity index (χ1n) is 6.09. The second-order valence-corrected chi connectivity index (χ2v) is 4.18. The predicted octanol–water partition coefficient (Wildman–Crippen LogP) is -0.0108. The number of nitrogens with zero attached hydrogens (tertiary/aromatic N) is 2. The van der Waals surface area contributed by atoms with Crippen LogP contribution in [0.4, 0.5) is 0 Å². The molecule has 0 bridgehead atoms. The van der Waals surface area contributed by atoms with Gasteiger partial charge in [-0.3, -0.25) is 9.59 Å². The summed E-state index contributed by atoms with van der Waals surface area (Å²) in [6.45, 7) is 2.29. The number of rotatable bonds is 5. The molecule has 20 heavy (non-hydrogen) atoms. The lowest BCUT2D eigenvalue weighted by atomic mass is 10.1. The van der Waals surface area contributed by atoms with Crippen molar-refractivity contribution in [1.82, 2.24) is 10.2 Å². The first-order valence-corrected chi connectivity index (χ1v) is 6.09. The van der Waals surface area contributed by atoms with Crippen LogP contribution in [0.1, 0.15) is 22.8 Å². The lowest BCUT2D eigenvalue weighted by Gasteiger charge is -2.16. The van der Waals surface area contributed by atoms with Crippen LogP contribution in [0.25, 0.3) is 0 Å². The van der Waals surface area contributed by atoms with E-state index in [0.717, 1.165) is 0 Å². The van der Waals surface area contributed by atoms with Gasteiger partial charge in [0.2, 0.25) is 5.91 Å². The van der Waals surface area contributed by atoms with Crippen molar-refractivity contribution in [1.29, 1.82) is 0 Å². The maximum atomic E-state index is 12.2. The summed E-state index contributed by atoms with van der Waals surface area (Å²) in [7, 11) is 1.54. The molecule has 0 atom stereocenters. The van der Waals surface area contributed by atoms with E-state index in [1.807, 2.05) is 0 Å². The first kappa shape index (κ1) is 15.5. The topological polar surface area (TPSA) is 108 Å². The van der Waals surface area contributed by atoms with E-state index in [1.54, 1.807) is 25.1 Å². The number of amides is 2. The zero-order valence-corrected chi connectivity index (χ0v) is 11.5. The monoisotopic (exact) mass is 278 g/mol. The number of likely N-dealkylation sites (N-methyl/N-ethyl adjacent to an activating group) is 2. The highest BCUT2D eigenvalue weighted by Gasteiger charge is 2.15. The summed E-state index contributed by atoms with van der Waals surface area (Å²) in [5.74, 6) is -0.620. The van der Waals surface area contributed by atoms with Gasteiger partial charge < -0.3 is 21.2 Å². The van der Waals surface area contributed by atoms with Gasteiger partial charge in [0.05, 0.1) is 6.54 Å². The van der Waals surface area contributed by atoms with Gasteiger partial charge in [-0.05, 0) is 19.1 Å². The van der Waals surface area contributed by atoms with E-state index >= 15 is 0 Å². The molecule has 4 N–H and O–H groups in total. The molecule has 0 aliphatic carbocycles. The minimum absolute atomic E-state index is 0.0273. The minimum atomic E-state index is -0.316. The van der Waals surface area contributed by atoms with Crippen molar-refractivity contribution in [3.63, 3.8) is 0 Å². The molecule has 1 rings (SSSR count). The van der Waals surface area contributed by atoms with E-state index in [1.165, 1.54) is 18.0 Å². The molecule has 0 spiro atoms. The van der Waals surface area contributed by atoms with Crippen molar-refractivity contribution >= 4 is 17.6 Å². The summed E-state index contributed by atoms with van der Waals surface area (Å²) in [5.41, 5.74) is 6.27. The van der Waals surface area contributed by atoms with Crippen molar-refractivity contribution < 1.29 is 14.8 Å². The average Bonchev–Trinajstić information content (AvgIpc) is 2.45. The second kappa shape index (κ2) is 7.13. The highest BCUT2D eigenvalue weighted by atomic mass is 16.4.